The molecule has 162 valence electrons. The molecule has 0 radical (unpaired) electrons. The summed E-state index contributed by atoms with van der Waals surface area (Å²) in [5, 5.41) is 7.98. The zero-order chi connectivity index (χ0) is 21.8. The molecule has 1 nitrogen and oxygen atoms in total. The van der Waals surface area contributed by atoms with E-state index in [0.717, 1.165) is 25.2 Å². The van der Waals surface area contributed by atoms with E-state index >= 15 is 0 Å². The van der Waals surface area contributed by atoms with E-state index in [1.54, 1.807) is 0 Å². The smallest absolute Gasteiger partial charge is 0.135 e. The van der Waals surface area contributed by atoms with Gasteiger partial charge >= 0.3 is 0 Å². The highest BCUT2D eigenvalue weighted by Gasteiger charge is 2.13. The number of rotatable bonds is 7. The van der Waals surface area contributed by atoms with E-state index in [4.69, 9.17) is 0 Å². The van der Waals surface area contributed by atoms with Gasteiger partial charge in [0.25, 0.3) is 0 Å². The van der Waals surface area contributed by atoms with Gasteiger partial charge in [0.1, 0.15) is 5.78 Å². The minimum atomic E-state index is 0.200. The Hall–Kier alpha value is -2.41. The van der Waals surface area contributed by atoms with E-state index in [9.17, 15) is 4.79 Å². The van der Waals surface area contributed by atoms with Crippen molar-refractivity contribution in [1.82, 2.24) is 0 Å². The highest BCUT2D eigenvalue weighted by atomic mass is 16.1. The van der Waals surface area contributed by atoms with Crippen LogP contribution in [0.5, 0.6) is 0 Å². The lowest BCUT2D eigenvalue weighted by Gasteiger charge is -2.22. The van der Waals surface area contributed by atoms with Crippen molar-refractivity contribution in [3.63, 3.8) is 0 Å². The van der Waals surface area contributed by atoms with E-state index < -0.39 is 0 Å². The molecular formula is C30H36O. The van der Waals surface area contributed by atoms with Crippen LogP contribution < -0.4 is 0 Å². The average Bonchev–Trinajstić information content (AvgIpc) is 2.76. The number of aryl methyl sites for hydroxylation is 1. The zero-order valence-corrected chi connectivity index (χ0v) is 19.4. The molecule has 0 aliphatic heterocycles. The highest BCUT2D eigenvalue weighted by Crippen LogP contribution is 2.35. The van der Waals surface area contributed by atoms with Crippen LogP contribution >= 0.6 is 0 Å². The van der Waals surface area contributed by atoms with Crippen molar-refractivity contribution in [3.8, 4) is 0 Å². The topological polar surface area (TPSA) is 17.1 Å². The standard InChI is InChI=1S/C24H24O.C6H12/c1-3-16(2)22(25)9-4-6-17-14-20-12-10-18-7-5-8-19-11-13-21(15-17)24(20)23(18)19;1-2-6-4-3-5-6/h5,7-8,10-16H,3-4,6,9H2,1-2H3;6H,2-5H2,1H3. The molecule has 31 heavy (non-hydrogen) atoms. The molecule has 1 heteroatoms. The third-order valence-corrected chi connectivity index (χ3v) is 7.38. The van der Waals surface area contributed by atoms with E-state index in [-0.39, 0.29) is 5.92 Å². The van der Waals surface area contributed by atoms with E-state index in [1.807, 2.05) is 6.92 Å². The number of ketones is 1. The van der Waals surface area contributed by atoms with Crippen LogP contribution in [0, 0.1) is 11.8 Å². The van der Waals surface area contributed by atoms with Gasteiger partial charge in [-0.05, 0) is 63.1 Å². The number of Topliss-reactive ketones (excluding diaryl/α,β-unsaturated/α-hetero) is 1. The fourth-order valence-electron chi connectivity index (χ4n) is 4.80. The third-order valence-electron chi connectivity index (χ3n) is 7.38. The Morgan fingerprint density at radius 1 is 0.903 bits per heavy atom. The predicted molar refractivity (Wildman–Crippen MR) is 135 cm³/mol. The van der Waals surface area contributed by atoms with Gasteiger partial charge in [0.15, 0.2) is 0 Å². The number of carbonyl (C=O) groups excluding carboxylic acids is 1. The Kier molecular flexibility index (Phi) is 6.90. The molecule has 0 bridgehead atoms. The Labute approximate surface area is 187 Å². The monoisotopic (exact) mass is 412 g/mol. The lowest BCUT2D eigenvalue weighted by Crippen LogP contribution is -2.09. The fourth-order valence-corrected chi connectivity index (χ4v) is 4.80. The van der Waals surface area contributed by atoms with Gasteiger partial charge in [0.2, 0.25) is 0 Å². The molecule has 1 unspecified atom stereocenters. The van der Waals surface area contributed by atoms with Gasteiger partial charge in [0.05, 0.1) is 0 Å². The largest absolute Gasteiger partial charge is 0.299 e. The molecule has 0 amide bonds. The second-order valence-corrected chi connectivity index (χ2v) is 9.46. The van der Waals surface area contributed by atoms with Gasteiger partial charge in [-0.15, -0.1) is 0 Å². The van der Waals surface area contributed by atoms with Crippen molar-refractivity contribution in [1.29, 1.82) is 0 Å². The third kappa shape index (κ3) is 4.76. The molecule has 4 aromatic rings. The molecule has 1 aliphatic rings. The first-order chi connectivity index (χ1) is 15.1. The molecule has 0 spiro atoms. The van der Waals surface area contributed by atoms with Gasteiger partial charge in [0, 0.05) is 12.3 Å². The molecule has 0 aromatic heterocycles. The quantitative estimate of drug-likeness (QED) is 0.277. The Bertz CT molecular complexity index is 1080. The van der Waals surface area contributed by atoms with Crippen LogP contribution in [0.25, 0.3) is 32.3 Å². The molecule has 1 fully saturated rings. The SMILES string of the molecule is CCC(C)C(=O)CCCc1cc2ccc3cccc4ccc(c1)c2c34.CCC1CCC1. The molecule has 5 rings (SSSR count). The molecule has 0 N–H and O–H groups in total. The zero-order valence-electron chi connectivity index (χ0n) is 19.4. The molecule has 0 heterocycles. The van der Waals surface area contributed by atoms with Crippen LogP contribution in [-0.2, 0) is 11.2 Å². The number of carbonyl (C=O) groups is 1. The average molecular weight is 413 g/mol. The van der Waals surface area contributed by atoms with Crippen molar-refractivity contribution in [2.75, 3.05) is 0 Å². The van der Waals surface area contributed by atoms with Gasteiger partial charge in [-0.2, -0.15) is 0 Å². The first kappa shape index (κ1) is 21.8. The van der Waals surface area contributed by atoms with Gasteiger partial charge in [-0.3, -0.25) is 4.79 Å². The van der Waals surface area contributed by atoms with Crippen LogP contribution in [0.2, 0.25) is 0 Å². The summed E-state index contributed by atoms with van der Waals surface area (Å²) in [6, 6.07) is 20.0. The molecule has 1 atom stereocenters. The summed E-state index contributed by atoms with van der Waals surface area (Å²) in [5.74, 6) is 1.72. The Morgan fingerprint density at radius 2 is 1.48 bits per heavy atom. The maximum absolute atomic E-state index is 12.0. The normalized spacial score (nSPS) is 15.1. The second kappa shape index (κ2) is 9.81. The fraction of sp³-hybridized carbons (Fsp3) is 0.433. The Morgan fingerprint density at radius 3 is 1.97 bits per heavy atom. The van der Waals surface area contributed by atoms with E-state index in [1.165, 1.54) is 63.6 Å². The maximum Gasteiger partial charge on any atom is 0.135 e. The van der Waals surface area contributed by atoms with Crippen LogP contribution in [0.1, 0.15) is 71.3 Å². The van der Waals surface area contributed by atoms with Crippen molar-refractivity contribution >= 4 is 38.1 Å². The van der Waals surface area contributed by atoms with Gasteiger partial charge in [-0.1, -0.05) is 101 Å². The minimum Gasteiger partial charge on any atom is -0.299 e. The van der Waals surface area contributed by atoms with Gasteiger partial charge < -0.3 is 0 Å². The highest BCUT2D eigenvalue weighted by molar-refractivity contribution is 6.23. The van der Waals surface area contributed by atoms with Gasteiger partial charge in [-0.25, -0.2) is 0 Å². The van der Waals surface area contributed by atoms with E-state index in [2.05, 4.69) is 68.4 Å². The summed E-state index contributed by atoms with van der Waals surface area (Å²) in [6.45, 7) is 6.40. The van der Waals surface area contributed by atoms with Crippen molar-refractivity contribution in [3.05, 3.63) is 60.2 Å². The molecule has 1 aliphatic carbocycles. The lowest BCUT2D eigenvalue weighted by atomic mass is 9.84. The minimum absolute atomic E-state index is 0.200. The summed E-state index contributed by atoms with van der Waals surface area (Å²) in [6.07, 6.45) is 9.49. The van der Waals surface area contributed by atoms with Crippen molar-refractivity contribution in [2.45, 2.75) is 72.1 Å². The molecular weight excluding hydrogens is 376 g/mol. The maximum atomic E-state index is 12.0. The number of hydrogen-bond acceptors (Lipinski definition) is 1. The van der Waals surface area contributed by atoms with E-state index in [0.29, 0.717) is 12.2 Å². The summed E-state index contributed by atoms with van der Waals surface area (Å²) < 4.78 is 0. The van der Waals surface area contributed by atoms with Crippen LogP contribution in [0.4, 0.5) is 0 Å². The van der Waals surface area contributed by atoms with Crippen molar-refractivity contribution < 1.29 is 4.79 Å². The summed E-state index contributed by atoms with van der Waals surface area (Å²) in [4.78, 5) is 12.0. The number of hydrogen-bond donors (Lipinski definition) is 0. The van der Waals surface area contributed by atoms with Crippen LogP contribution in [-0.4, -0.2) is 5.78 Å². The summed E-state index contributed by atoms with van der Waals surface area (Å²) in [5.41, 5.74) is 1.34. The first-order valence-corrected chi connectivity index (χ1v) is 12.3. The molecule has 4 aromatic carbocycles. The molecule has 1 saturated carbocycles. The van der Waals surface area contributed by atoms with Crippen LogP contribution in [0.3, 0.4) is 0 Å². The lowest BCUT2D eigenvalue weighted by molar-refractivity contribution is -0.122. The summed E-state index contributed by atoms with van der Waals surface area (Å²) in [7, 11) is 0. The van der Waals surface area contributed by atoms with Crippen LogP contribution in [0.15, 0.2) is 54.6 Å². The molecule has 0 saturated heterocycles. The van der Waals surface area contributed by atoms with Crippen molar-refractivity contribution in [2.24, 2.45) is 11.8 Å². The number of benzene rings is 4. The first-order valence-electron chi connectivity index (χ1n) is 12.3. The summed E-state index contributed by atoms with van der Waals surface area (Å²) >= 11 is 0. The predicted octanol–water partition coefficient (Wildman–Crippen LogP) is 8.72. The second-order valence-electron chi connectivity index (χ2n) is 9.46. The Balaban J connectivity index is 0.000000334.